The molecule has 2 heterocycles. The number of nitro groups is 1. The van der Waals surface area contributed by atoms with Crippen molar-refractivity contribution in [2.75, 3.05) is 5.32 Å². The number of benzene rings is 2. The smallest absolute Gasteiger partial charge is 0.292 e. The van der Waals surface area contributed by atoms with Crippen LogP contribution in [0, 0.1) is 17.0 Å². The van der Waals surface area contributed by atoms with Gasteiger partial charge in [-0.1, -0.05) is 29.8 Å². The fraction of sp³-hybridized carbons (Fsp3) is 0.130. The second-order valence-corrected chi connectivity index (χ2v) is 7.14. The minimum atomic E-state index is -0.479. The van der Waals surface area contributed by atoms with Crippen molar-refractivity contribution in [2.24, 2.45) is 0 Å². The fourth-order valence-electron chi connectivity index (χ4n) is 2.97. The van der Waals surface area contributed by atoms with Crippen LogP contribution in [0.2, 0.25) is 0 Å². The first-order chi connectivity index (χ1) is 15.5. The number of hydrogen-bond donors (Lipinski definition) is 1. The second kappa shape index (κ2) is 9.17. The van der Waals surface area contributed by atoms with Gasteiger partial charge in [0.15, 0.2) is 11.6 Å². The Morgan fingerprint density at radius 1 is 1.09 bits per heavy atom. The summed E-state index contributed by atoms with van der Waals surface area (Å²) in [5, 5.41) is 17.8. The number of amides is 1. The van der Waals surface area contributed by atoms with E-state index in [-0.39, 0.29) is 18.1 Å². The lowest BCUT2D eigenvalue weighted by Gasteiger charge is -2.04. The van der Waals surface area contributed by atoms with Crippen molar-refractivity contribution in [3.05, 3.63) is 106 Å². The molecular formula is C23H20N4O5. The molecule has 0 spiro atoms. The van der Waals surface area contributed by atoms with Crippen LogP contribution in [0.1, 0.15) is 27.4 Å². The summed E-state index contributed by atoms with van der Waals surface area (Å²) < 4.78 is 12.8. The van der Waals surface area contributed by atoms with Crippen LogP contribution in [0.5, 0.6) is 5.75 Å². The van der Waals surface area contributed by atoms with Crippen LogP contribution in [0.25, 0.3) is 0 Å². The molecular weight excluding hydrogens is 412 g/mol. The van der Waals surface area contributed by atoms with E-state index in [0.717, 1.165) is 5.56 Å². The third kappa shape index (κ3) is 5.20. The zero-order chi connectivity index (χ0) is 22.5. The third-order valence-electron chi connectivity index (χ3n) is 4.66. The number of non-ortho nitro benzene ring substituents is 1. The number of nitrogens with zero attached hydrogens (tertiary/aromatic N) is 3. The Labute approximate surface area is 183 Å². The summed E-state index contributed by atoms with van der Waals surface area (Å²) in [4.78, 5) is 22.7. The van der Waals surface area contributed by atoms with Crippen molar-refractivity contribution in [2.45, 2.75) is 20.1 Å². The number of nitro benzene ring substituents is 1. The summed E-state index contributed by atoms with van der Waals surface area (Å²) in [6, 6.07) is 18.8. The minimum absolute atomic E-state index is 0.0180. The van der Waals surface area contributed by atoms with Crippen LogP contribution in [0.4, 0.5) is 11.5 Å². The number of carbonyl (C=O) groups excluding carboxylic acids is 1. The van der Waals surface area contributed by atoms with E-state index < -0.39 is 10.8 Å². The maximum atomic E-state index is 12.4. The molecule has 0 unspecified atom stereocenters. The van der Waals surface area contributed by atoms with E-state index in [1.807, 2.05) is 31.2 Å². The van der Waals surface area contributed by atoms with Crippen molar-refractivity contribution < 1.29 is 18.9 Å². The molecule has 0 aliphatic carbocycles. The maximum absolute atomic E-state index is 12.4. The van der Waals surface area contributed by atoms with Crippen LogP contribution < -0.4 is 10.1 Å². The molecule has 0 aliphatic rings. The highest BCUT2D eigenvalue weighted by molar-refractivity contribution is 6.01. The number of nitrogens with one attached hydrogen (secondary N) is 1. The highest BCUT2D eigenvalue weighted by Crippen LogP contribution is 2.19. The lowest BCUT2D eigenvalue weighted by Crippen LogP contribution is -2.12. The number of furan rings is 1. The zero-order valence-corrected chi connectivity index (χ0v) is 17.2. The molecule has 2 aromatic heterocycles. The van der Waals surface area contributed by atoms with Gasteiger partial charge in [-0.3, -0.25) is 19.6 Å². The van der Waals surface area contributed by atoms with E-state index >= 15 is 0 Å². The number of hydrogen-bond acceptors (Lipinski definition) is 6. The SMILES string of the molecule is Cc1ccc(Cn2ccc(NC(=O)c3ccc(COc4ccc([N+](=O)[O-])cc4)o3)n2)cc1. The quantitative estimate of drug-likeness (QED) is 0.322. The Hall–Kier alpha value is -4.40. The molecule has 9 nitrogen and oxygen atoms in total. The third-order valence-corrected chi connectivity index (χ3v) is 4.66. The van der Waals surface area contributed by atoms with Crippen LogP contribution in [-0.2, 0) is 13.2 Å². The Balaban J connectivity index is 1.31. The maximum Gasteiger partial charge on any atom is 0.292 e. The van der Waals surface area contributed by atoms with Crippen LogP contribution >= 0.6 is 0 Å². The molecule has 0 atom stereocenters. The highest BCUT2D eigenvalue weighted by Gasteiger charge is 2.14. The molecule has 9 heteroatoms. The summed E-state index contributed by atoms with van der Waals surface area (Å²) in [6.45, 7) is 2.71. The van der Waals surface area contributed by atoms with Gasteiger partial charge in [-0.05, 0) is 36.8 Å². The first-order valence-corrected chi connectivity index (χ1v) is 9.82. The first kappa shape index (κ1) is 20.9. The number of ether oxygens (including phenoxy) is 1. The summed E-state index contributed by atoms with van der Waals surface area (Å²) in [5.74, 6) is 1.02. The average molecular weight is 432 g/mol. The monoisotopic (exact) mass is 432 g/mol. The number of carbonyl (C=O) groups is 1. The first-order valence-electron chi connectivity index (χ1n) is 9.82. The lowest BCUT2D eigenvalue weighted by atomic mass is 10.1. The summed E-state index contributed by atoms with van der Waals surface area (Å²) in [5.41, 5.74) is 2.29. The molecule has 0 saturated heterocycles. The number of aromatic nitrogens is 2. The van der Waals surface area contributed by atoms with Crippen molar-refractivity contribution in [3.63, 3.8) is 0 Å². The fourth-order valence-corrected chi connectivity index (χ4v) is 2.97. The summed E-state index contributed by atoms with van der Waals surface area (Å²) >= 11 is 0. The molecule has 1 N–H and O–H groups in total. The van der Waals surface area contributed by atoms with Gasteiger partial charge in [-0.25, -0.2) is 0 Å². The predicted octanol–water partition coefficient (Wildman–Crippen LogP) is 4.57. The largest absolute Gasteiger partial charge is 0.486 e. The minimum Gasteiger partial charge on any atom is -0.486 e. The van der Waals surface area contributed by atoms with E-state index in [1.165, 1.54) is 29.8 Å². The van der Waals surface area contributed by atoms with Crippen LogP contribution in [0.3, 0.4) is 0 Å². The summed E-state index contributed by atoms with van der Waals surface area (Å²) in [6.07, 6.45) is 1.79. The van der Waals surface area contributed by atoms with Gasteiger partial charge in [-0.2, -0.15) is 5.10 Å². The van der Waals surface area contributed by atoms with Gasteiger partial charge in [0.2, 0.25) is 0 Å². The highest BCUT2D eigenvalue weighted by atomic mass is 16.6. The number of anilines is 1. The molecule has 0 saturated carbocycles. The molecule has 0 aliphatic heterocycles. The molecule has 0 bridgehead atoms. The van der Waals surface area contributed by atoms with Crippen LogP contribution in [0.15, 0.2) is 77.3 Å². The van der Waals surface area contributed by atoms with Gasteiger partial charge in [0.1, 0.15) is 18.1 Å². The van der Waals surface area contributed by atoms with E-state index in [2.05, 4.69) is 10.4 Å². The molecule has 32 heavy (non-hydrogen) atoms. The molecule has 162 valence electrons. The molecule has 4 aromatic rings. The van der Waals surface area contributed by atoms with Gasteiger partial charge in [0.25, 0.3) is 11.6 Å². The van der Waals surface area contributed by atoms with E-state index in [9.17, 15) is 14.9 Å². The molecule has 0 fully saturated rings. The van der Waals surface area contributed by atoms with Gasteiger partial charge in [-0.15, -0.1) is 0 Å². The van der Waals surface area contributed by atoms with E-state index in [1.54, 1.807) is 29.1 Å². The second-order valence-electron chi connectivity index (χ2n) is 7.14. The van der Waals surface area contributed by atoms with E-state index in [4.69, 9.17) is 9.15 Å². The number of rotatable bonds is 8. The van der Waals surface area contributed by atoms with Crippen LogP contribution in [-0.4, -0.2) is 20.6 Å². The Kier molecular flexibility index (Phi) is 5.98. The molecule has 1 amide bonds. The van der Waals surface area contributed by atoms with Crippen molar-refractivity contribution in [1.29, 1.82) is 0 Å². The normalized spacial score (nSPS) is 10.7. The van der Waals surface area contributed by atoms with Gasteiger partial charge < -0.3 is 14.5 Å². The van der Waals surface area contributed by atoms with Gasteiger partial charge >= 0.3 is 0 Å². The van der Waals surface area contributed by atoms with Crippen molar-refractivity contribution in [3.8, 4) is 5.75 Å². The zero-order valence-electron chi connectivity index (χ0n) is 17.2. The number of aryl methyl sites for hydroxylation is 1. The molecule has 2 aromatic carbocycles. The van der Waals surface area contributed by atoms with Crippen molar-refractivity contribution >= 4 is 17.4 Å². The Morgan fingerprint density at radius 2 is 1.84 bits per heavy atom. The molecule has 4 rings (SSSR count). The predicted molar refractivity (Wildman–Crippen MR) is 117 cm³/mol. The summed E-state index contributed by atoms with van der Waals surface area (Å²) in [7, 11) is 0. The lowest BCUT2D eigenvalue weighted by molar-refractivity contribution is -0.384. The standard InChI is InChI=1S/C23H20N4O5/c1-16-2-4-17(5-3-16)14-26-13-12-22(25-26)24-23(28)21-11-10-20(32-21)15-31-19-8-6-18(7-9-19)27(29)30/h2-13H,14-15H2,1H3,(H,24,25,28). The van der Waals surface area contributed by atoms with Crippen molar-refractivity contribution in [1.82, 2.24) is 9.78 Å². The van der Waals surface area contributed by atoms with Gasteiger partial charge in [0, 0.05) is 24.4 Å². The Morgan fingerprint density at radius 3 is 2.56 bits per heavy atom. The van der Waals surface area contributed by atoms with Gasteiger partial charge in [0.05, 0.1) is 11.5 Å². The Bertz CT molecular complexity index is 1230. The molecule has 0 radical (unpaired) electrons. The van der Waals surface area contributed by atoms with E-state index in [0.29, 0.717) is 23.9 Å². The average Bonchev–Trinajstić information content (AvgIpc) is 3.44. The topological polar surface area (TPSA) is 112 Å².